The molecule has 2 aromatic carbocycles. The molecule has 7 heteroatoms. The summed E-state index contributed by atoms with van der Waals surface area (Å²) in [6.45, 7) is 3.60. The van der Waals surface area contributed by atoms with E-state index in [1.54, 1.807) is 30.3 Å². The summed E-state index contributed by atoms with van der Waals surface area (Å²) in [5.41, 5.74) is 3.25. The number of benzene rings is 2. The summed E-state index contributed by atoms with van der Waals surface area (Å²) in [6.07, 6.45) is 0. The zero-order valence-electron chi connectivity index (χ0n) is 15.4. The lowest BCUT2D eigenvalue weighted by Gasteiger charge is -2.13. The maximum atomic E-state index is 12.3. The number of hydrogen-bond donors (Lipinski definition) is 2. The van der Waals surface area contributed by atoms with Crippen molar-refractivity contribution < 1.29 is 19.1 Å². The van der Waals surface area contributed by atoms with Crippen molar-refractivity contribution in [1.82, 2.24) is 0 Å². The lowest BCUT2D eigenvalue weighted by Crippen LogP contribution is -2.20. The van der Waals surface area contributed by atoms with E-state index in [0.29, 0.717) is 33.5 Å². The summed E-state index contributed by atoms with van der Waals surface area (Å²) in [5.74, 6) is 1.30. The van der Waals surface area contributed by atoms with Crippen LogP contribution in [0.5, 0.6) is 5.75 Å². The molecule has 5 nitrogen and oxygen atoms in total. The molecule has 2 N–H and O–H groups in total. The topological polar surface area (TPSA) is 71.7 Å². The average Bonchev–Trinajstić information content (AvgIpc) is 3.11. The number of carbonyl (C=O) groups excluding carboxylic acids is 1. The minimum absolute atomic E-state index is 0.129. The molecular weight excluding hydrogens is 446 g/mol. The normalized spacial score (nSPS) is 10.8. The number of carbonyl (C=O) groups is 1. The highest BCUT2D eigenvalue weighted by atomic mass is 79.9. The SMILES string of the molecule is Cc1cc(C)c(OCC(=O)Nc2ccc(Cl)c(-c3ccc(CO)o3)c2)c(Br)c1. The number of halogens is 2. The van der Waals surface area contributed by atoms with Crippen molar-refractivity contribution in [1.29, 1.82) is 0 Å². The first-order valence-corrected chi connectivity index (χ1v) is 9.73. The summed E-state index contributed by atoms with van der Waals surface area (Å²) in [5, 5.41) is 12.4. The highest BCUT2D eigenvalue weighted by Gasteiger charge is 2.13. The highest BCUT2D eigenvalue weighted by Crippen LogP contribution is 2.32. The Bertz CT molecular complexity index is 992. The van der Waals surface area contributed by atoms with Crippen LogP contribution in [0.2, 0.25) is 5.02 Å². The Labute approximate surface area is 176 Å². The van der Waals surface area contributed by atoms with Gasteiger partial charge in [0.25, 0.3) is 5.91 Å². The van der Waals surface area contributed by atoms with E-state index in [4.69, 9.17) is 25.9 Å². The number of furan rings is 1. The first-order chi connectivity index (χ1) is 13.4. The van der Waals surface area contributed by atoms with Crippen molar-refractivity contribution in [2.45, 2.75) is 20.5 Å². The summed E-state index contributed by atoms with van der Waals surface area (Å²) >= 11 is 9.71. The van der Waals surface area contributed by atoms with Crippen molar-refractivity contribution in [3.05, 3.63) is 68.8 Å². The number of anilines is 1. The molecular formula is C21H19BrClNO4. The second-order valence-corrected chi connectivity index (χ2v) is 7.61. The van der Waals surface area contributed by atoms with Crippen molar-refractivity contribution >= 4 is 39.1 Å². The van der Waals surface area contributed by atoms with Crippen molar-refractivity contribution in [3.63, 3.8) is 0 Å². The van der Waals surface area contributed by atoms with Gasteiger partial charge >= 0.3 is 0 Å². The molecule has 28 heavy (non-hydrogen) atoms. The number of nitrogens with one attached hydrogen (secondary N) is 1. The Balaban J connectivity index is 1.70. The van der Waals surface area contributed by atoms with E-state index in [2.05, 4.69) is 21.2 Å². The van der Waals surface area contributed by atoms with Gasteiger partial charge in [-0.3, -0.25) is 4.79 Å². The van der Waals surface area contributed by atoms with E-state index in [-0.39, 0.29) is 19.1 Å². The fraction of sp³-hybridized carbons (Fsp3) is 0.190. The zero-order chi connectivity index (χ0) is 20.3. The van der Waals surface area contributed by atoms with Gasteiger partial charge in [0.05, 0.1) is 9.50 Å². The Morgan fingerprint density at radius 3 is 2.68 bits per heavy atom. The average molecular weight is 465 g/mol. The van der Waals surface area contributed by atoms with E-state index in [0.717, 1.165) is 15.6 Å². The Morgan fingerprint density at radius 1 is 1.21 bits per heavy atom. The molecule has 146 valence electrons. The van der Waals surface area contributed by atoms with E-state index in [1.807, 2.05) is 26.0 Å². The van der Waals surface area contributed by atoms with Crippen LogP contribution in [0.3, 0.4) is 0 Å². The molecule has 0 aliphatic rings. The van der Waals surface area contributed by atoms with E-state index in [9.17, 15) is 4.79 Å². The highest BCUT2D eigenvalue weighted by molar-refractivity contribution is 9.10. The Kier molecular flexibility index (Phi) is 6.44. The van der Waals surface area contributed by atoms with Crippen LogP contribution < -0.4 is 10.1 Å². The molecule has 1 amide bonds. The van der Waals surface area contributed by atoms with Crippen molar-refractivity contribution in [2.24, 2.45) is 0 Å². The van der Waals surface area contributed by atoms with Crippen LogP contribution in [-0.2, 0) is 11.4 Å². The third-order valence-electron chi connectivity index (χ3n) is 4.05. The monoisotopic (exact) mass is 463 g/mol. The fourth-order valence-corrected chi connectivity index (χ4v) is 3.82. The van der Waals surface area contributed by atoms with E-state index < -0.39 is 0 Å². The van der Waals surface area contributed by atoms with Crippen LogP contribution >= 0.6 is 27.5 Å². The summed E-state index contributed by atoms with van der Waals surface area (Å²) < 4.78 is 12.0. The molecule has 0 spiro atoms. The molecule has 3 aromatic rings. The van der Waals surface area contributed by atoms with Crippen LogP contribution in [0.1, 0.15) is 16.9 Å². The quantitative estimate of drug-likeness (QED) is 0.506. The second-order valence-electron chi connectivity index (χ2n) is 6.35. The van der Waals surface area contributed by atoms with Crippen molar-refractivity contribution in [3.8, 4) is 17.1 Å². The number of aryl methyl sites for hydroxylation is 2. The van der Waals surface area contributed by atoms with E-state index in [1.165, 1.54) is 0 Å². The first-order valence-electron chi connectivity index (χ1n) is 8.56. The Hall–Kier alpha value is -2.28. The molecule has 0 atom stereocenters. The molecule has 0 unspecified atom stereocenters. The van der Waals surface area contributed by atoms with Crippen LogP contribution in [0.25, 0.3) is 11.3 Å². The molecule has 0 saturated heterocycles. The van der Waals surface area contributed by atoms with Gasteiger partial charge in [-0.15, -0.1) is 0 Å². The van der Waals surface area contributed by atoms with E-state index >= 15 is 0 Å². The smallest absolute Gasteiger partial charge is 0.262 e. The van der Waals surface area contributed by atoms with Gasteiger partial charge in [-0.25, -0.2) is 0 Å². The van der Waals surface area contributed by atoms with Crippen LogP contribution in [0.4, 0.5) is 5.69 Å². The summed E-state index contributed by atoms with van der Waals surface area (Å²) in [6, 6.07) is 12.4. The van der Waals surface area contributed by atoms with Gasteiger partial charge in [-0.2, -0.15) is 0 Å². The first kappa shape index (κ1) is 20.5. The van der Waals surface area contributed by atoms with Gasteiger partial charge in [0.15, 0.2) is 6.61 Å². The Morgan fingerprint density at radius 2 is 2.00 bits per heavy atom. The zero-order valence-corrected chi connectivity index (χ0v) is 17.7. The lowest BCUT2D eigenvalue weighted by molar-refractivity contribution is -0.118. The molecule has 0 radical (unpaired) electrons. The van der Waals surface area contributed by atoms with Gasteiger partial charge in [0, 0.05) is 11.3 Å². The van der Waals surface area contributed by atoms with Crippen LogP contribution in [0.15, 0.2) is 51.4 Å². The number of aliphatic hydroxyl groups is 1. The lowest BCUT2D eigenvalue weighted by atomic mass is 10.1. The molecule has 0 aliphatic carbocycles. The predicted molar refractivity (Wildman–Crippen MR) is 113 cm³/mol. The predicted octanol–water partition coefficient (Wildman–Crippen LogP) is 5.49. The number of amides is 1. The molecule has 1 heterocycles. The third kappa shape index (κ3) is 4.76. The van der Waals surface area contributed by atoms with Crippen LogP contribution in [0, 0.1) is 13.8 Å². The largest absolute Gasteiger partial charge is 0.482 e. The van der Waals surface area contributed by atoms with Crippen molar-refractivity contribution in [2.75, 3.05) is 11.9 Å². The standard InChI is InChI=1S/C21H19BrClNO4/c1-12-7-13(2)21(17(22)8-12)27-11-20(26)24-14-3-5-18(23)16(9-14)19-6-4-15(10-25)28-19/h3-9,25H,10-11H2,1-2H3,(H,24,26). The molecule has 0 aliphatic heterocycles. The summed E-state index contributed by atoms with van der Waals surface area (Å²) in [7, 11) is 0. The second kappa shape index (κ2) is 8.82. The number of hydrogen-bond acceptors (Lipinski definition) is 4. The number of rotatable bonds is 6. The molecule has 0 bridgehead atoms. The van der Waals surface area contributed by atoms with Gasteiger partial charge in [0.1, 0.15) is 23.9 Å². The molecule has 3 rings (SSSR count). The number of ether oxygens (including phenoxy) is 1. The fourth-order valence-electron chi connectivity index (χ4n) is 2.82. The minimum Gasteiger partial charge on any atom is -0.482 e. The van der Waals surface area contributed by atoms with Gasteiger partial charge in [0.2, 0.25) is 0 Å². The molecule has 1 aromatic heterocycles. The number of aliphatic hydroxyl groups excluding tert-OH is 1. The van der Waals surface area contributed by atoms with Gasteiger partial charge in [-0.1, -0.05) is 17.7 Å². The maximum Gasteiger partial charge on any atom is 0.262 e. The minimum atomic E-state index is -0.296. The van der Waals surface area contributed by atoms with Gasteiger partial charge < -0.3 is 19.6 Å². The molecule has 0 saturated carbocycles. The summed E-state index contributed by atoms with van der Waals surface area (Å²) in [4.78, 5) is 12.3. The van der Waals surface area contributed by atoms with Gasteiger partial charge in [-0.05, 0) is 77.3 Å². The third-order valence-corrected chi connectivity index (χ3v) is 4.97. The maximum absolute atomic E-state index is 12.3. The van der Waals surface area contributed by atoms with Crippen LogP contribution in [-0.4, -0.2) is 17.6 Å². The molecule has 0 fully saturated rings.